The molecule has 2 rings (SSSR count). The number of aryl methyl sites for hydroxylation is 2. The van der Waals surface area contributed by atoms with Gasteiger partial charge in [0.2, 0.25) is 26.0 Å². The number of carbonyl (C=O) groups excluding carboxylic acids is 1. The minimum Gasteiger partial charge on any atom is -0.355 e. The van der Waals surface area contributed by atoms with E-state index in [1.807, 2.05) is 20.8 Å². The van der Waals surface area contributed by atoms with Crippen molar-refractivity contribution in [3.63, 3.8) is 0 Å². The van der Waals surface area contributed by atoms with E-state index in [0.717, 1.165) is 11.1 Å². The minimum atomic E-state index is -3.61. The predicted octanol–water partition coefficient (Wildman–Crippen LogP) is 1.96. The van der Waals surface area contributed by atoms with Gasteiger partial charge in [0.1, 0.15) is 0 Å². The fourth-order valence-electron chi connectivity index (χ4n) is 2.73. The molecular weight excluding hydrogens is 450 g/mol. The molecule has 0 aliphatic carbocycles. The molecule has 0 spiro atoms. The lowest BCUT2D eigenvalue weighted by atomic mass is 10.1. The molecule has 0 radical (unpaired) electrons. The summed E-state index contributed by atoms with van der Waals surface area (Å²) in [6, 6.07) is 12.9. The first kappa shape index (κ1) is 26.0. The van der Waals surface area contributed by atoms with E-state index >= 15 is 0 Å². The maximum absolute atomic E-state index is 12.2. The summed E-state index contributed by atoms with van der Waals surface area (Å²) in [5, 5.41) is 2.68. The van der Waals surface area contributed by atoms with Crippen molar-refractivity contribution in [2.45, 2.75) is 43.4 Å². The zero-order valence-electron chi connectivity index (χ0n) is 18.6. The Balaban J connectivity index is 1.74. The molecule has 32 heavy (non-hydrogen) atoms. The van der Waals surface area contributed by atoms with Gasteiger partial charge in [0.05, 0.1) is 9.79 Å². The third-order valence-electron chi connectivity index (χ3n) is 4.63. The summed E-state index contributed by atoms with van der Waals surface area (Å²) < 4.78 is 53.8. The Hall–Kier alpha value is -2.27. The van der Waals surface area contributed by atoms with E-state index in [9.17, 15) is 21.6 Å². The lowest BCUT2D eigenvalue weighted by Gasteiger charge is -2.10. The Kier molecular flexibility index (Phi) is 9.38. The van der Waals surface area contributed by atoms with Crippen LogP contribution in [0.2, 0.25) is 0 Å². The van der Waals surface area contributed by atoms with Crippen LogP contribution in [0.3, 0.4) is 0 Å². The van der Waals surface area contributed by atoms with Gasteiger partial charge in [-0.15, -0.1) is 0 Å². The number of carbonyl (C=O) groups is 1. The van der Waals surface area contributed by atoms with Gasteiger partial charge in [0.25, 0.3) is 0 Å². The second-order valence-electron chi connectivity index (χ2n) is 7.95. The first-order chi connectivity index (χ1) is 15.0. The first-order valence-electron chi connectivity index (χ1n) is 10.4. The molecular formula is C22H31N3O5S2. The molecule has 0 unspecified atom stereocenters. The predicted molar refractivity (Wildman–Crippen MR) is 124 cm³/mol. The van der Waals surface area contributed by atoms with E-state index in [0.29, 0.717) is 13.0 Å². The van der Waals surface area contributed by atoms with E-state index in [2.05, 4.69) is 14.8 Å². The van der Waals surface area contributed by atoms with Crippen LogP contribution in [0.1, 0.15) is 31.4 Å². The summed E-state index contributed by atoms with van der Waals surface area (Å²) in [5.74, 6) is -0.00435. The minimum absolute atomic E-state index is 0.0812. The van der Waals surface area contributed by atoms with E-state index in [1.165, 1.54) is 24.3 Å². The second kappa shape index (κ2) is 11.6. The van der Waals surface area contributed by atoms with Crippen LogP contribution in [0.15, 0.2) is 58.3 Å². The van der Waals surface area contributed by atoms with Gasteiger partial charge >= 0.3 is 0 Å². The van der Waals surface area contributed by atoms with Crippen LogP contribution in [0.4, 0.5) is 0 Å². The summed E-state index contributed by atoms with van der Waals surface area (Å²) in [6.07, 6.45) is 0.656. The molecule has 0 aliphatic heterocycles. The fraction of sp³-hybridized carbons (Fsp3) is 0.409. The fourth-order valence-corrected chi connectivity index (χ4v) is 4.97. The summed E-state index contributed by atoms with van der Waals surface area (Å²) in [4.78, 5) is 12.4. The van der Waals surface area contributed by atoms with Crippen molar-refractivity contribution in [2.24, 2.45) is 5.92 Å². The van der Waals surface area contributed by atoms with E-state index in [4.69, 9.17) is 0 Å². The maximum Gasteiger partial charge on any atom is 0.240 e. The highest BCUT2D eigenvalue weighted by atomic mass is 32.2. The highest BCUT2D eigenvalue weighted by Gasteiger charge is 2.15. The quantitative estimate of drug-likeness (QED) is 0.400. The maximum atomic E-state index is 12.2. The summed E-state index contributed by atoms with van der Waals surface area (Å²) in [6.45, 7) is 6.35. The average molecular weight is 482 g/mol. The van der Waals surface area contributed by atoms with Gasteiger partial charge in [0, 0.05) is 26.1 Å². The van der Waals surface area contributed by atoms with Crippen LogP contribution < -0.4 is 14.8 Å². The molecule has 0 aromatic heterocycles. The second-order valence-corrected chi connectivity index (χ2v) is 11.5. The third-order valence-corrected chi connectivity index (χ3v) is 7.54. The molecule has 0 saturated carbocycles. The highest BCUT2D eigenvalue weighted by molar-refractivity contribution is 7.89. The number of amides is 1. The molecule has 0 aliphatic rings. The molecule has 3 N–H and O–H groups in total. The number of hydrogen-bond acceptors (Lipinski definition) is 5. The van der Waals surface area contributed by atoms with Crippen LogP contribution in [0, 0.1) is 12.8 Å². The lowest BCUT2D eigenvalue weighted by molar-refractivity contribution is -0.121. The van der Waals surface area contributed by atoms with Crippen molar-refractivity contribution in [3.8, 4) is 0 Å². The Morgan fingerprint density at radius 2 is 1.34 bits per heavy atom. The van der Waals surface area contributed by atoms with Crippen molar-refractivity contribution >= 4 is 26.0 Å². The Morgan fingerprint density at radius 3 is 1.91 bits per heavy atom. The van der Waals surface area contributed by atoms with Gasteiger partial charge in [-0.25, -0.2) is 26.3 Å². The Bertz CT molecular complexity index is 1100. The van der Waals surface area contributed by atoms with Crippen molar-refractivity contribution in [2.75, 3.05) is 19.6 Å². The first-order valence-corrected chi connectivity index (χ1v) is 13.4. The van der Waals surface area contributed by atoms with Crippen molar-refractivity contribution in [3.05, 3.63) is 59.7 Å². The van der Waals surface area contributed by atoms with Gasteiger partial charge in [-0.2, -0.15) is 0 Å². The molecule has 0 bridgehead atoms. The van der Waals surface area contributed by atoms with Crippen molar-refractivity contribution < 1.29 is 21.6 Å². The molecule has 0 atom stereocenters. The summed E-state index contributed by atoms with van der Waals surface area (Å²) in [5.41, 5.74) is 1.80. The topological polar surface area (TPSA) is 121 Å². The van der Waals surface area contributed by atoms with E-state index < -0.39 is 20.0 Å². The lowest BCUT2D eigenvalue weighted by Crippen LogP contribution is -2.34. The molecule has 0 heterocycles. The van der Waals surface area contributed by atoms with Gasteiger partial charge in [-0.3, -0.25) is 4.79 Å². The number of rotatable bonds is 12. The molecule has 0 fully saturated rings. The average Bonchev–Trinajstić information content (AvgIpc) is 2.74. The number of benzene rings is 2. The van der Waals surface area contributed by atoms with Crippen LogP contribution in [-0.4, -0.2) is 42.4 Å². The van der Waals surface area contributed by atoms with Crippen molar-refractivity contribution in [1.29, 1.82) is 0 Å². The molecule has 10 heteroatoms. The van der Waals surface area contributed by atoms with Crippen LogP contribution in [-0.2, 0) is 31.3 Å². The zero-order valence-corrected chi connectivity index (χ0v) is 20.2. The molecule has 8 nitrogen and oxygen atoms in total. The monoisotopic (exact) mass is 481 g/mol. The summed E-state index contributed by atoms with van der Waals surface area (Å²) >= 11 is 0. The summed E-state index contributed by atoms with van der Waals surface area (Å²) in [7, 11) is -7.15. The largest absolute Gasteiger partial charge is 0.355 e. The standard InChI is InChI=1S/C22H31N3O5S2/c1-17(2)16-25-32(29,30)21-11-6-19(7-12-21)8-13-22(26)23-14-15-24-31(27,28)20-9-4-18(3)5-10-20/h4-7,9-12,17,24-25H,8,13-16H2,1-3H3,(H,23,26). The molecule has 2 aromatic rings. The van der Waals surface area contributed by atoms with E-state index in [-0.39, 0.29) is 41.1 Å². The van der Waals surface area contributed by atoms with Gasteiger partial charge in [-0.1, -0.05) is 43.7 Å². The van der Waals surface area contributed by atoms with Crippen molar-refractivity contribution in [1.82, 2.24) is 14.8 Å². The SMILES string of the molecule is Cc1ccc(S(=O)(=O)NCCNC(=O)CCc2ccc(S(=O)(=O)NCC(C)C)cc2)cc1. The van der Waals surface area contributed by atoms with Crippen LogP contribution in [0.5, 0.6) is 0 Å². The van der Waals surface area contributed by atoms with Gasteiger partial charge < -0.3 is 5.32 Å². The number of hydrogen-bond donors (Lipinski definition) is 3. The molecule has 1 amide bonds. The Morgan fingerprint density at radius 1 is 0.812 bits per heavy atom. The normalized spacial score (nSPS) is 12.1. The molecule has 2 aromatic carbocycles. The number of sulfonamides is 2. The van der Waals surface area contributed by atoms with Gasteiger partial charge in [0.15, 0.2) is 0 Å². The number of nitrogens with one attached hydrogen (secondary N) is 3. The smallest absolute Gasteiger partial charge is 0.240 e. The third kappa shape index (κ3) is 8.34. The van der Waals surface area contributed by atoms with Crippen LogP contribution in [0.25, 0.3) is 0 Å². The van der Waals surface area contributed by atoms with Crippen LogP contribution >= 0.6 is 0 Å². The highest BCUT2D eigenvalue weighted by Crippen LogP contribution is 2.12. The van der Waals surface area contributed by atoms with E-state index in [1.54, 1.807) is 24.3 Å². The van der Waals surface area contributed by atoms with Gasteiger partial charge in [-0.05, 0) is 49.1 Å². The zero-order chi connectivity index (χ0) is 23.8. The Labute approximate surface area is 190 Å². The molecule has 0 saturated heterocycles. The molecule has 176 valence electrons.